The highest BCUT2D eigenvalue weighted by Gasteiger charge is 2.07. The Morgan fingerprint density at radius 1 is 1.05 bits per heavy atom. The zero-order valence-electron chi connectivity index (χ0n) is 14.6. The van der Waals surface area contributed by atoms with Gasteiger partial charge in [-0.2, -0.15) is 0 Å². The van der Waals surface area contributed by atoms with Crippen molar-refractivity contribution in [2.75, 3.05) is 0 Å². The van der Waals surface area contributed by atoms with E-state index >= 15 is 0 Å². The maximum Gasteiger partial charge on any atom is 0.00834 e. The van der Waals surface area contributed by atoms with Gasteiger partial charge in [0.15, 0.2) is 0 Å². The molecule has 117 valence electrons. The monoisotopic (exact) mass is 277 g/mol. The van der Waals surface area contributed by atoms with Crippen molar-refractivity contribution in [1.29, 1.82) is 0 Å². The molecule has 0 aromatic heterocycles. The maximum atomic E-state index is 2.34. The van der Waals surface area contributed by atoms with Crippen molar-refractivity contribution in [3.05, 3.63) is 30.2 Å². The Balaban J connectivity index is 0.000000377. The minimum absolute atomic E-state index is 0.930. The topological polar surface area (TPSA) is 0 Å². The highest BCUT2D eigenvalue weighted by atomic mass is 14.1. The summed E-state index contributed by atoms with van der Waals surface area (Å²) in [4.78, 5) is 0. The summed E-state index contributed by atoms with van der Waals surface area (Å²) in [6.45, 7) is 10.9. The van der Waals surface area contributed by atoms with E-state index in [4.69, 9.17) is 0 Å². The summed E-state index contributed by atoms with van der Waals surface area (Å²) in [5.74, 6) is 1.98. The molecule has 1 saturated carbocycles. The Kier molecular flexibility index (Phi) is 13.1. The van der Waals surface area contributed by atoms with Crippen LogP contribution in [0.15, 0.2) is 23.8 Å². The molecule has 0 nitrogen and oxygen atoms in total. The molecule has 0 bridgehead atoms. The van der Waals surface area contributed by atoms with Crippen LogP contribution in [0.1, 0.15) is 86.0 Å². The third-order valence-corrected chi connectivity index (χ3v) is 4.37. The third-order valence-electron chi connectivity index (χ3n) is 4.37. The lowest BCUT2D eigenvalue weighted by Gasteiger charge is -2.11. The molecule has 0 aliphatic heterocycles. The first-order valence-corrected chi connectivity index (χ1v) is 8.96. The predicted molar refractivity (Wildman–Crippen MR) is 93.8 cm³/mol. The van der Waals surface area contributed by atoms with Crippen LogP contribution in [0.25, 0.3) is 0 Å². The summed E-state index contributed by atoms with van der Waals surface area (Å²) in [5, 5.41) is 0. The Labute approximate surface area is 128 Å². The lowest BCUT2D eigenvalue weighted by Crippen LogP contribution is -1.97. The van der Waals surface area contributed by atoms with Crippen LogP contribution >= 0.6 is 0 Å². The Morgan fingerprint density at radius 3 is 2.00 bits per heavy atom. The first-order valence-electron chi connectivity index (χ1n) is 8.96. The second kappa shape index (κ2) is 13.5. The van der Waals surface area contributed by atoms with Gasteiger partial charge in [0.05, 0.1) is 0 Å². The van der Waals surface area contributed by atoms with Crippen LogP contribution in [0.5, 0.6) is 0 Å². The molecule has 2 rings (SSSR count). The lowest BCUT2D eigenvalue weighted by molar-refractivity contribution is 0.457. The van der Waals surface area contributed by atoms with Gasteiger partial charge in [-0.3, -0.25) is 0 Å². The van der Waals surface area contributed by atoms with Crippen LogP contribution in [-0.2, 0) is 0 Å². The maximum absolute atomic E-state index is 2.34. The van der Waals surface area contributed by atoms with Gasteiger partial charge < -0.3 is 0 Å². The van der Waals surface area contributed by atoms with Gasteiger partial charge in [-0.1, -0.05) is 96.9 Å². The zero-order valence-corrected chi connectivity index (χ0v) is 14.6. The van der Waals surface area contributed by atoms with Crippen molar-refractivity contribution in [3.63, 3.8) is 0 Å². The second-order valence-corrected chi connectivity index (χ2v) is 5.90. The lowest BCUT2D eigenvalue weighted by atomic mass is 9.95. The van der Waals surface area contributed by atoms with Crippen molar-refractivity contribution in [1.82, 2.24) is 0 Å². The van der Waals surface area contributed by atoms with E-state index in [1.807, 2.05) is 13.8 Å². The molecule has 20 heavy (non-hydrogen) atoms. The minimum Gasteiger partial charge on any atom is -0.0764 e. The van der Waals surface area contributed by atoms with Crippen molar-refractivity contribution >= 4 is 0 Å². The van der Waals surface area contributed by atoms with Crippen LogP contribution < -0.4 is 0 Å². The molecule has 0 N–H and O–H groups in total. The van der Waals surface area contributed by atoms with E-state index in [0.717, 1.165) is 11.8 Å². The van der Waals surface area contributed by atoms with Crippen LogP contribution in [0.2, 0.25) is 0 Å². The standard InChI is InChI=1S/C12H19.C6H12.C2H6/c1-3-11(4-2)9-10-12-7-5-6-8-12;1-6-4-2-3-5-6;1-2/h5-8,11H,3-4,9-10H2,1-2H3;6H,2-5H2,1H3;1-2H3. The first kappa shape index (κ1) is 19.5. The largest absolute Gasteiger partial charge is 0.0764 e. The van der Waals surface area contributed by atoms with Gasteiger partial charge >= 0.3 is 0 Å². The average Bonchev–Trinajstić information content (AvgIpc) is 3.16. The average molecular weight is 278 g/mol. The van der Waals surface area contributed by atoms with Crippen molar-refractivity contribution in [2.45, 2.75) is 86.0 Å². The van der Waals surface area contributed by atoms with E-state index < -0.39 is 0 Å². The number of allylic oxidation sites excluding steroid dienone is 4. The van der Waals surface area contributed by atoms with Gasteiger partial charge in [-0.05, 0) is 24.7 Å². The first-order chi connectivity index (χ1) is 9.76. The van der Waals surface area contributed by atoms with E-state index in [9.17, 15) is 0 Å². The normalized spacial score (nSPS) is 17.4. The summed E-state index contributed by atoms with van der Waals surface area (Å²) in [5.41, 5.74) is 1.50. The molecule has 2 aliphatic rings. The summed E-state index contributed by atoms with van der Waals surface area (Å²) in [7, 11) is 0. The van der Waals surface area contributed by atoms with Crippen LogP contribution in [-0.4, -0.2) is 0 Å². The molecule has 0 unspecified atom stereocenters. The van der Waals surface area contributed by atoms with Crippen molar-refractivity contribution in [3.8, 4) is 0 Å². The molecule has 0 aromatic carbocycles. The molecule has 0 saturated heterocycles. The molecule has 0 spiro atoms. The Bertz CT molecular complexity index is 249. The van der Waals surface area contributed by atoms with E-state index in [0.29, 0.717) is 0 Å². The number of rotatable bonds is 5. The van der Waals surface area contributed by atoms with Gasteiger partial charge in [0, 0.05) is 6.42 Å². The third kappa shape index (κ3) is 9.39. The van der Waals surface area contributed by atoms with Crippen molar-refractivity contribution < 1.29 is 0 Å². The molecule has 2 aliphatic carbocycles. The highest BCUT2D eigenvalue weighted by molar-refractivity contribution is 5.33. The van der Waals surface area contributed by atoms with Gasteiger partial charge in [0.2, 0.25) is 0 Å². The fraction of sp³-hybridized carbons (Fsp3) is 0.750. The van der Waals surface area contributed by atoms with E-state index in [1.165, 1.54) is 56.9 Å². The van der Waals surface area contributed by atoms with E-state index in [-0.39, 0.29) is 0 Å². The summed E-state index contributed by atoms with van der Waals surface area (Å²) >= 11 is 0. The fourth-order valence-corrected chi connectivity index (χ4v) is 2.78. The van der Waals surface area contributed by atoms with Gasteiger partial charge in [0.1, 0.15) is 0 Å². The minimum atomic E-state index is 0.930. The van der Waals surface area contributed by atoms with E-state index in [1.54, 1.807) is 0 Å². The predicted octanol–water partition coefficient (Wildman–Crippen LogP) is 7.13. The van der Waals surface area contributed by atoms with Crippen LogP contribution in [0.4, 0.5) is 0 Å². The number of hydrogen-bond acceptors (Lipinski definition) is 0. The Hall–Kier alpha value is -0.520. The van der Waals surface area contributed by atoms with Crippen LogP contribution in [0, 0.1) is 18.3 Å². The van der Waals surface area contributed by atoms with Gasteiger partial charge in [0.25, 0.3) is 0 Å². The molecule has 1 fully saturated rings. The molecular formula is C20H37. The molecule has 0 atom stereocenters. The molecule has 0 amide bonds. The summed E-state index contributed by atoms with van der Waals surface area (Å²) < 4.78 is 0. The Morgan fingerprint density at radius 2 is 1.65 bits per heavy atom. The smallest absolute Gasteiger partial charge is 0.00834 e. The quantitative estimate of drug-likeness (QED) is 0.501. The molecule has 0 heterocycles. The number of hydrogen-bond donors (Lipinski definition) is 0. The summed E-state index contributed by atoms with van der Waals surface area (Å²) in [6.07, 6.45) is 19.9. The fourth-order valence-electron chi connectivity index (χ4n) is 2.78. The molecule has 1 radical (unpaired) electrons. The zero-order chi connectivity index (χ0) is 15.2. The van der Waals surface area contributed by atoms with Gasteiger partial charge in [-0.25, -0.2) is 0 Å². The second-order valence-electron chi connectivity index (χ2n) is 5.90. The molecule has 0 aromatic rings. The molecule has 0 heteroatoms. The van der Waals surface area contributed by atoms with E-state index in [2.05, 4.69) is 45.4 Å². The highest BCUT2D eigenvalue weighted by Crippen LogP contribution is 2.23. The SMILES string of the molecule is CC.CC1CCCC1.CCC(CC)CCC1=CC=C[CH]1. The van der Waals surface area contributed by atoms with Crippen LogP contribution in [0.3, 0.4) is 0 Å². The summed E-state index contributed by atoms with van der Waals surface area (Å²) in [6, 6.07) is 0. The van der Waals surface area contributed by atoms with Gasteiger partial charge in [-0.15, -0.1) is 0 Å². The van der Waals surface area contributed by atoms with Crippen molar-refractivity contribution in [2.24, 2.45) is 11.8 Å². The molecular weight excluding hydrogens is 240 g/mol.